The summed E-state index contributed by atoms with van der Waals surface area (Å²) in [6, 6.07) is 4.51. The molecule has 2 heterocycles. The van der Waals surface area contributed by atoms with Crippen LogP contribution >= 0.6 is 23.1 Å². The van der Waals surface area contributed by atoms with Crippen LogP contribution in [0.5, 0.6) is 0 Å². The molecule has 0 radical (unpaired) electrons. The molecule has 0 bridgehead atoms. The molecular weight excluding hydrogens is 392 g/mol. The van der Waals surface area contributed by atoms with Crippen LogP contribution in [0.3, 0.4) is 0 Å². The summed E-state index contributed by atoms with van der Waals surface area (Å²) in [6.07, 6.45) is 2.19. The third kappa shape index (κ3) is 4.08. The summed E-state index contributed by atoms with van der Waals surface area (Å²) in [7, 11) is 0. The zero-order chi connectivity index (χ0) is 19.6. The second-order valence-corrected chi connectivity index (χ2v) is 7.81. The average Bonchev–Trinajstić information content (AvgIpc) is 3.13. The molecule has 3 amide bonds. The van der Waals surface area contributed by atoms with Crippen LogP contribution < -0.4 is 4.80 Å². The van der Waals surface area contributed by atoms with Gasteiger partial charge in [0.25, 0.3) is 11.6 Å². The molecule has 0 aliphatic carbocycles. The highest BCUT2D eigenvalue weighted by Gasteiger charge is 2.30. The molecule has 11 heteroatoms. The van der Waals surface area contributed by atoms with Crippen LogP contribution in [0.4, 0.5) is 5.69 Å². The summed E-state index contributed by atoms with van der Waals surface area (Å²) in [4.78, 5) is 51.5. The molecule has 0 saturated carbocycles. The number of nitrogens with zero attached hydrogens (tertiary/aromatic N) is 4. The van der Waals surface area contributed by atoms with Crippen molar-refractivity contribution in [1.29, 1.82) is 0 Å². The number of carbonyl (C=O) groups excluding carboxylic acids is 3. The molecule has 2 aromatic rings. The van der Waals surface area contributed by atoms with Gasteiger partial charge in [0.15, 0.2) is 4.80 Å². The maximum atomic E-state index is 12.3. The summed E-state index contributed by atoms with van der Waals surface area (Å²) in [5.74, 6) is -0.568. The van der Waals surface area contributed by atoms with Crippen molar-refractivity contribution >= 4 is 56.7 Å². The lowest BCUT2D eigenvalue weighted by Gasteiger charge is -2.10. The number of non-ortho nitro benzene ring substituents is 1. The van der Waals surface area contributed by atoms with E-state index in [-0.39, 0.29) is 36.9 Å². The van der Waals surface area contributed by atoms with Crippen LogP contribution in [-0.4, -0.2) is 50.7 Å². The summed E-state index contributed by atoms with van der Waals surface area (Å²) in [5.41, 5.74) is 0.714. The zero-order valence-electron chi connectivity index (χ0n) is 14.4. The molecule has 9 nitrogen and oxygen atoms in total. The molecular formula is C16H16N4O5S2. The number of thioether (sulfide) groups is 1. The Morgan fingerprint density at radius 1 is 1.33 bits per heavy atom. The highest BCUT2D eigenvalue weighted by molar-refractivity contribution is 7.98. The first kappa shape index (κ1) is 19.2. The van der Waals surface area contributed by atoms with Gasteiger partial charge in [-0.15, -0.1) is 0 Å². The van der Waals surface area contributed by atoms with Gasteiger partial charge in [-0.1, -0.05) is 11.3 Å². The number of rotatable bonds is 6. The van der Waals surface area contributed by atoms with Crippen molar-refractivity contribution in [2.75, 3.05) is 18.6 Å². The predicted octanol–water partition coefficient (Wildman–Crippen LogP) is 1.55. The first-order valence-electron chi connectivity index (χ1n) is 8.08. The lowest BCUT2D eigenvalue weighted by molar-refractivity contribution is -0.384. The molecule has 27 heavy (non-hydrogen) atoms. The van der Waals surface area contributed by atoms with E-state index in [9.17, 15) is 24.5 Å². The number of nitro groups is 1. The van der Waals surface area contributed by atoms with Crippen molar-refractivity contribution in [3.63, 3.8) is 0 Å². The van der Waals surface area contributed by atoms with E-state index in [2.05, 4.69) is 4.99 Å². The Balaban J connectivity index is 1.98. The molecule has 0 N–H and O–H groups in total. The molecule has 0 atom stereocenters. The van der Waals surface area contributed by atoms with Crippen LogP contribution in [0.15, 0.2) is 23.2 Å². The normalized spacial score (nSPS) is 15.1. The number of aromatic nitrogens is 1. The summed E-state index contributed by atoms with van der Waals surface area (Å²) in [6.45, 7) is 0.196. The van der Waals surface area contributed by atoms with Crippen LogP contribution in [0, 0.1) is 10.1 Å². The van der Waals surface area contributed by atoms with Gasteiger partial charge in [0, 0.05) is 37.3 Å². The van der Waals surface area contributed by atoms with Gasteiger partial charge in [-0.2, -0.15) is 16.8 Å². The number of carbonyl (C=O) groups is 3. The number of imide groups is 1. The van der Waals surface area contributed by atoms with Crippen molar-refractivity contribution in [3.05, 3.63) is 33.1 Å². The molecule has 1 aliphatic heterocycles. The van der Waals surface area contributed by atoms with Crippen LogP contribution in [-0.2, 0) is 20.9 Å². The Kier molecular flexibility index (Phi) is 5.71. The highest BCUT2D eigenvalue weighted by atomic mass is 32.2. The van der Waals surface area contributed by atoms with E-state index >= 15 is 0 Å². The van der Waals surface area contributed by atoms with Crippen LogP contribution in [0.1, 0.15) is 12.8 Å². The van der Waals surface area contributed by atoms with Crippen molar-refractivity contribution in [2.24, 2.45) is 4.99 Å². The number of likely N-dealkylation sites (tertiary alicyclic amines) is 1. The maximum Gasteiger partial charge on any atom is 0.270 e. The lowest BCUT2D eigenvalue weighted by atomic mass is 10.3. The second-order valence-electron chi connectivity index (χ2n) is 5.82. The number of fused-ring (bicyclic) bond motifs is 1. The van der Waals surface area contributed by atoms with Crippen molar-refractivity contribution < 1.29 is 19.3 Å². The fourth-order valence-electron chi connectivity index (χ4n) is 2.74. The molecule has 1 fully saturated rings. The molecule has 1 aromatic heterocycles. The summed E-state index contributed by atoms with van der Waals surface area (Å²) < 4.78 is 2.47. The number of hydrogen-bond donors (Lipinski definition) is 0. The fraction of sp³-hybridized carbons (Fsp3) is 0.375. The first-order valence-corrected chi connectivity index (χ1v) is 10.3. The SMILES string of the molecule is CSCCn1c(=NC(=O)CN2C(=O)CCC2=O)sc2cc([N+](=O)[O-])ccc21. The van der Waals surface area contributed by atoms with Gasteiger partial charge in [-0.25, -0.2) is 0 Å². The van der Waals surface area contributed by atoms with Crippen LogP contribution in [0.25, 0.3) is 10.2 Å². The summed E-state index contributed by atoms with van der Waals surface area (Å²) in [5, 5.41) is 11.0. The average molecular weight is 408 g/mol. The number of hydrogen-bond acceptors (Lipinski definition) is 7. The Morgan fingerprint density at radius 3 is 2.67 bits per heavy atom. The van der Waals surface area contributed by atoms with E-state index in [1.807, 2.05) is 10.8 Å². The van der Waals surface area contributed by atoms with E-state index in [1.54, 1.807) is 17.8 Å². The molecule has 1 aromatic carbocycles. The largest absolute Gasteiger partial charge is 0.316 e. The number of benzene rings is 1. The molecule has 0 spiro atoms. The number of thiazole rings is 1. The van der Waals surface area contributed by atoms with Crippen LogP contribution in [0.2, 0.25) is 0 Å². The maximum absolute atomic E-state index is 12.3. The van der Waals surface area contributed by atoms with E-state index in [4.69, 9.17) is 0 Å². The third-order valence-corrected chi connectivity index (χ3v) is 5.70. The van der Waals surface area contributed by atoms with Gasteiger partial charge < -0.3 is 4.57 Å². The van der Waals surface area contributed by atoms with E-state index in [0.29, 0.717) is 16.0 Å². The van der Waals surface area contributed by atoms with Gasteiger partial charge in [0.05, 0.1) is 15.1 Å². The number of nitro benzene ring substituents is 1. The van der Waals surface area contributed by atoms with Crippen molar-refractivity contribution in [2.45, 2.75) is 19.4 Å². The second kappa shape index (κ2) is 8.01. The third-order valence-electron chi connectivity index (χ3n) is 4.06. The first-order chi connectivity index (χ1) is 12.9. The van der Waals surface area contributed by atoms with E-state index in [0.717, 1.165) is 16.2 Å². The van der Waals surface area contributed by atoms with E-state index < -0.39 is 10.8 Å². The highest BCUT2D eigenvalue weighted by Crippen LogP contribution is 2.23. The van der Waals surface area contributed by atoms with Crippen molar-refractivity contribution in [3.8, 4) is 0 Å². The van der Waals surface area contributed by atoms with Gasteiger partial charge in [-0.3, -0.25) is 29.4 Å². The zero-order valence-corrected chi connectivity index (χ0v) is 16.0. The van der Waals surface area contributed by atoms with Gasteiger partial charge in [-0.05, 0) is 12.3 Å². The number of aryl methyl sites for hydroxylation is 1. The minimum Gasteiger partial charge on any atom is -0.316 e. The molecule has 0 unspecified atom stereocenters. The Bertz CT molecular complexity index is 994. The van der Waals surface area contributed by atoms with Gasteiger partial charge in [0.2, 0.25) is 11.8 Å². The lowest BCUT2D eigenvalue weighted by Crippen LogP contribution is -2.34. The fourth-order valence-corrected chi connectivity index (χ4v) is 4.21. The molecule has 1 aliphatic rings. The smallest absolute Gasteiger partial charge is 0.270 e. The van der Waals surface area contributed by atoms with Gasteiger partial charge in [0.1, 0.15) is 6.54 Å². The Hall–Kier alpha value is -2.53. The minimum atomic E-state index is -0.599. The molecule has 3 rings (SSSR count). The quantitative estimate of drug-likeness (QED) is 0.407. The number of amides is 3. The molecule has 142 valence electrons. The van der Waals surface area contributed by atoms with Crippen molar-refractivity contribution in [1.82, 2.24) is 9.47 Å². The van der Waals surface area contributed by atoms with E-state index in [1.165, 1.54) is 23.5 Å². The Labute approximate surface area is 161 Å². The van der Waals surface area contributed by atoms with Gasteiger partial charge >= 0.3 is 0 Å². The standard InChI is InChI=1S/C16H16N4O5S2/c1-26-7-6-18-11-3-2-10(20(24)25)8-12(11)27-16(18)17-13(21)9-19-14(22)4-5-15(19)23/h2-3,8H,4-7,9H2,1H3. The minimum absolute atomic E-state index is 0.0353. The topological polar surface area (TPSA) is 115 Å². The summed E-state index contributed by atoms with van der Waals surface area (Å²) >= 11 is 2.79. The monoisotopic (exact) mass is 408 g/mol. The molecule has 1 saturated heterocycles. The Morgan fingerprint density at radius 2 is 2.04 bits per heavy atom. The predicted molar refractivity (Wildman–Crippen MR) is 101 cm³/mol.